The molecule has 2 amide bonds. The van der Waals surface area contributed by atoms with Gasteiger partial charge in [-0.3, -0.25) is 14.6 Å². The van der Waals surface area contributed by atoms with Gasteiger partial charge in [0.2, 0.25) is 5.91 Å². The number of halogens is 3. The number of anilines is 2. The van der Waals surface area contributed by atoms with Crippen LogP contribution in [-0.4, -0.2) is 59.0 Å². The van der Waals surface area contributed by atoms with Gasteiger partial charge in [-0.05, 0) is 25.1 Å². The van der Waals surface area contributed by atoms with E-state index in [9.17, 15) is 19.1 Å². The number of piperazine rings is 1. The molecule has 0 spiro atoms. The molecule has 0 aliphatic carbocycles. The molecular weight excluding hydrogens is 478 g/mol. The summed E-state index contributed by atoms with van der Waals surface area (Å²) in [5, 5.41) is 10.5. The number of hydrogen-bond donors (Lipinski definition) is 1. The number of rotatable bonds is 2. The fraction of sp³-hybridized carbons (Fsp3) is 0.320. The monoisotopic (exact) mass is 500 g/mol. The molecule has 10 heteroatoms. The summed E-state index contributed by atoms with van der Waals surface area (Å²) in [5.74, 6) is -2.38. The Balaban J connectivity index is 1.73. The van der Waals surface area contributed by atoms with Crippen molar-refractivity contribution in [2.75, 3.05) is 29.9 Å². The average molecular weight is 501 g/mol. The van der Waals surface area contributed by atoms with Gasteiger partial charge in [-0.1, -0.05) is 24.6 Å². The minimum atomic E-state index is -0.875. The van der Waals surface area contributed by atoms with E-state index in [1.807, 2.05) is 11.8 Å². The Morgan fingerprint density at radius 3 is 2.69 bits per heavy atom. The van der Waals surface area contributed by atoms with Crippen LogP contribution >= 0.6 is 11.6 Å². The zero-order valence-electron chi connectivity index (χ0n) is 19.3. The first kappa shape index (κ1) is 23.3. The van der Waals surface area contributed by atoms with E-state index in [1.165, 1.54) is 29.3 Å². The summed E-state index contributed by atoms with van der Waals surface area (Å²) < 4.78 is 30.4. The first-order valence-corrected chi connectivity index (χ1v) is 11.7. The third-order valence-electron chi connectivity index (χ3n) is 6.87. The molecule has 35 heavy (non-hydrogen) atoms. The fourth-order valence-corrected chi connectivity index (χ4v) is 5.39. The van der Waals surface area contributed by atoms with Gasteiger partial charge in [-0.2, -0.15) is 0 Å². The highest BCUT2D eigenvalue weighted by atomic mass is 35.5. The van der Waals surface area contributed by atoms with Gasteiger partial charge in [0.25, 0.3) is 5.91 Å². The molecule has 0 bridgehead atoms. The van der Waals surface area contributed by atoms with Gasteiger partial charge in [-0.15, -0.1) is 0 Å². The number of phenols is 1. The van der Waals surface area contributed by atoms with Crippen LogP contribution in [0.5, 0.6) is 5.75 Å². The summed E-state index contributed by atoms with van der Waals surface area (Å²) in [4.78, 5) is 35.0. The lowest BCUT2D eigenvalue weighted by molar-refractivity contribution is -0.135. The van der Waals surface area contributed by atoms with Crippen molar-refractivity contribution in [3.63, 3.8) is 0 Å². The van der Waals surface area contributed by atoms with Gasteiger partial charge >= 0.3 is 0 Å². The van der Waals surface area contributed by atoms with Gasteiger partial charge in [0.1, 0.15) is 23.1 Å². The predicted octanol–water partition coefficient (Wildman–Crippen LogP) is 4.33. The maximum atomic E-state index is 15.9. The Bertz CT molecular complexity index is 1380. The van der Waals surface area contributed by atoms with Crippen LogP contribution in [0.1, 0.15) is 20.3 Å². The Morgan fingerprint density at radius 1 is 1.26 bits per heavy atom. The van der Waals surface area contributed by atoms with Gasteiger partial charge < -0.3 is 19.8 Å². The Morgan fingerprint density at radius 2 is 2.00 bits per heavy atom. The summed E-state index contributed by atoms with van der Waals surface area (Å²) in [7, 11) is 1.61. The number of hydrogen-bond acceptors (Lipinski definition) is 5. The first-order valence-electron chi connectivity index (χ1n) is 11.3. The predicted molar refractivity (Wildman–Crippen MR) is 130 cm³/mol. The third kappa shape index (κ3) is 3.40. The van der Waals surface area contributed by atoms with Crippen molar-refractivity contribution in [3.8, 4) is 16.9 Å². The fourth-order valence-electron chi connectivity index (χ4n) is 5.10. The van der Waals surface area contributed by atoms with Crippen LogP contribution in [-0.2, 0) is 9.59 Å². The van der Waals surface area contributed by atoms with Crippen LogP contribution in [0.2, 0.25) is 5.02 Å². The van der Waals surface area contributed by atoms with Crippen molar-refractivity contribution >= 4 is 45.7 Å². The molecule has 2 aliphatic heterocycles. The maximum Gasteiger partial charge on any atom is 0.251 e. The topological polar surface area (TPSA) is 77.0 Å². The van der Waals surface area contributed by atoms with Gasteiger partial charge in [0.05, 0.1) is 34.7 Å². The van der Waals surface area contributed by atoms with Crippen LogP contribution in [0.3, 0.4) is 0 Å². The third-order valence-corrected chi connectivity index (χ3v) is 7.17. The summed E-state index contributed by atoms with van der Waals surface area (Å²) in [5.41, 5.74) is 0.362. The maximum absolute atomic E-state index is 15.9. The second kappa shape index (κ2) is 8.34. The van der Waals surface area contributed by atoms with Crippen molar-refractivity contribution in [2.45, 2.75) is 32.4 Å². The minimum absolute atomic E-state index is 0.0404. The number of nitrogens with zero attached hydrogens (tertiary/aromatic N) is 4. The highest BCUT2D eigenvalue weighted by Gasteiger charge is 2.44. The number of phenolic OH excluding ortho intramolecular Hbond substituents is 1. The standard InChI is InChI=1S/C25H23ClF2N4O3/c1-4-19(34)31-11-17-25(35)30(3)16-9-29-23-13(24(16)32(17)10-12(31)2)8-14(26)20(22(23)28)21-15(27)6-5-7-18(21)33/h5-9,12,17,33H,4,10-11H2,1-3H3/t12-,17-/m1/s1. The molecule has 2 atom stereocenters. The molecule has 1 aromatic heterocycles. The van der Waals surface area contributed by atoms with Crippen molar-refractivity contribution in [1.82, 2.24) is 9.88 Å². The molecule has 3 heterocycles. The molecule has 1 N–H and O–H groups in total. The zero-order chi connectivity index (χ0) is 25.2. The largest absolute Gasteiger partial charge is 0.507 e. The van der Waals surface area contributed by atoms with Crippen molar-refractivity contribution in [1.29, 1.82) is 0 Å². The molecule has 1 saturated heterocycles. The van der Waals surface area contributed by atoms with Crippen molar-refractivity contribution < 1.29 is 23.5 Å². The highest BCUT2D eigenvalue weighted by molar-refractivity contribution is 6.34. The normalized spacial score (nSPS) is 19.7. The molecule has 2 aliphatic rings. The smallest absolute Gasteiger partial charge is 0.251 e. The number of aromatic hydroxyl groups is 1. The lowest BCUT2D eigenvalue weighted by Crippen LogP contribution is -2.65. The van der Waals surface area contributed by atoms with Gasteiger partial charge in [0, 0.05) is 37.0 Å². The SMILES string of the molecule is CCC(=O)N1C[C@@H]2C(=O)N(C)c3cnc4c(F)c(-c5c(O)cccc5F)c(Cl)cc4c3N2C[C@H]1C. The Labute approximate surface area is 205 Å². The van der Waals surface area contributed by atoms with Crippen molar-refractivity contribution in [2.24, 2.45) is 0 Å². The molecule has 0 unspecified atom stereocenters. The molecule has 0 radical (unpaired) electrons. The summed E-state index contributed by atoms with van der Waals surface area (Å²) in [6.07, 6.45) is 1.74. The quantitative estimate of drug-likeness (QED) is 0.567. The summed E-state index contributed by atoms with van der Waals surface area (Å²) in [6, 6.07) is 4.33. The van der Waals surface area contributed by atoms with Crippen LogP contribution in [0.15, 0.2) is 30.5 Å². The zero-order valence-corrected chi connectivity index (χ0v) is 20.1. The van der Waals surface area contributed by atoms with Crippen molar-refractivity contribution in [3.05, 3.63) is 47.1 Å². The second-order valence-corrected chi connectivity index (χ2v) is 9.29. The molecule has 2 aromatic carbocycles. The van der Waals surface area contributed by atoms with E-state index in [-0.39, 0.29) is 46.1 Å². The Hall–Kier alpha value is -3.46. The molecule has 182 valence electrons. The number of likely N-dealkylation sites (N-methyl/N-ethyl adjacent to an activating group) is 1. The second-order valence-electron chi connectivity index (χ2n) is 8.88. The van der Waals surface area contributed by atoms with Crippen LogP contribution in [0.25, 0.3) is 22.0 Å². The Kier molecular flexibility index (Phi) is 5.55. The molecular formula is C25H23ClF2N4O3. The number of fused-ring (bicyclic) bond motifs is 5. The number of benzene rings is 2. The van der Waals surface area contributed by atoms with Gasteiger partial charge in [-0.25, -0.2) is 8.78 Å². The van der Waals surface area contributed by atoms with E-state index < -0.39 is 23.4 Å². The molecule has 0 saturated carbocycles. The van der Waals surface area contributed by atoms with Gasteiger partial charge in [0.15, 0.2) is 5.82 Å². The number of aromatic nitrogens is 1. The van der Waals surface area contributed by atoms with E-state index in [0.717, 1.165) is 6.07 Å². The number of carbonyl (C=O) groups is 2. The van der Waals surface area contributed by atoms with Crippen LogP contribution in [0, 0.1) is 11.6 Å². The number of pyridine rings is 1. The van der Waals surface area contributed by atoms with E-state index in [4.69, 9.17) is 11.6 Å². The van der Waals surface area contributed by atoms with Crippen LogP contribution in [0.4, 0.5) is 20.2 Å². The van der Waals surface area contributed by atoms with Crippen LogP contribution < -0.4 is 9.80 Å². The highest BCUT2D eigenvalue weighted by Crippen LogP contribution is 2.47. The molecule has 5 rings (SSSR count). The minimum Gasteiger partial charge on any atom is -0.507 e. The van der Waals surface area contributed by atoms with E-state index in [0.29, 0.717) is 29.7 Å². The lowest BCUT2D eigenvalue weighted by atomic mass is 9.96. The molecule has 3 aromatic rings. The summed E-state index contributed by atoms with van der Waals surface area (Å²) >= 11 is 6.48. The molecule has 1 fully saturated rings. The summed E-state index contributed by atoms with van der Waals surface area (Å²) in [6.45, 7) is 4.25. The number of amides is 2. The lowest BCUT2D eigenvalue weighted by Gasteiger charge is -2.50. The van der Waals surface area contributed by atoms with E-state index >= 15 is 4.39 Å². The molecule has 7 nitrogen and oxygen atoms in total. The van der Waals surface area contributed by atoms with E-state index in [2.05, 4.69) is 4.98 Å². The average Bonchev–Trinajstić information content (AvgIpc) is 2.83. The van der Waals surface area contributed by atoms with E-state index in [1.54, 1.807) is 18.9 Å². The number of carbonyl (C=O) groups excluding carboxylic acids is 2. The first-order chi connectivity index (χ1) is 16.6.